The molecule has 0 atom stereocenters. The van der Waals surface area contributed by atoms with Crippen LogP contribution in [0.4, 0.5) is 4.39 Å². The van der Waals surface area contributed by atoms with E-state index in [1.807, 2.05) is 24.3 Å². The molecule has 0 aliphatic rings. The number of aryl methyl sites for hydroxylation is 2. The van der Waals surface area contributed by atoms with Gasteiger partial charge < -0.3 is 10.4 Å². The lowest BCUT2D eigenvalue weighted by Crippen LogP contribution is -2.12. The minimum Gasteiger partial charge on any atom is -0.481 e. The van der Waals surface area contributed by atoms with Gasteiger partial charge in [-0.1, -0.05) is 12.1 Å². The third kappa shape index (κ3) is 4.37. The van der Waals surface area contributed by atoms with Crippen LogP contribution in [0.5, 0.6) is 0 Å². The summed E-state index contributed by atoms with van der Waals surface area (Å²) in [5.41, 5.74) is 2.37. The molecule has 21 heavy (non-hydrogen) atoms. The molecule has 0 unspecified atom stereocenters. The number of carboxylic acids is 1. The van der Waals surface area contributed by atoms with E-state index >= 15 is 0 Å². The van der Waals surface area contributed by atoms with Crippen LogP contribution in [0.25, 0.3) is 0 Å². The lowest BCUT2D eigenvalue weighted by Gasteiger charge is -2.07. The Labute approximate surface area is 127 Å². The zero-order chi connectivity index (χ0) is 15.4. The van der Waals surface area contributed by atoms with Crippen molar-refractivity contribution in [2.45, 2.75) is 33.4 Å². The van der Waals surface area contributed by atoms with Gasteiger partial charge in [0.1, 0.15) is 5.82 Å². The van der Waals surface area contributed by atoms with Gasteiger partial charge in [-0.15, -0.1) is 11.3 Å². The van der Waals surface area contributed by atoms with Crippen LogP contribution in [0.15, 0.2) is 24.3 Å². The fourth-order valence-electron chi connectivity index (χ4n) is 2.23. The maximum absolute atomic E-state index is 13.5. The van der Waals surface area contributed by atoms with Gasteiger partial charge in [-0.2, -0.15) is 0 Å². The van der Waals surface area contributed by atoms with Gasteiger partial charge in [0.2, 0.25) is 0 Å². The number of hydrogen-bond acceptors (Lipinski definition) is 3. The summed E-state index contributed by atoms with van der Waals surface area (Å²) in [7, 11) is 0. The van der Waals surface area contributed by atoms with E-state index < -0.39 is 5.97 Å². The quantitative estimate of drug-likeness (QED) is 0.859. The van der Waals surface area contributed by atoms with E-state index in [0.29, 0.717) is 24.2 Å². The molecule has 2 aromatic rings. The number of aliphatic carboxylic acids is 1. The fourth-order valence-corrected chi connectivity index (χ4v) is 3.21. The van der Waals surface area contributed by atoms with Crippen molar-refractivity contribution in [1.29, 1.82) is 0 Å². The third-order valence-corrected chi connectivity index (χ3v) is 4.25. The van der Waals surface area contributed by atoms with Crippen molar-refractivity contribution in [3.8, 4) is 0 Å². The van der Waals surface area contributed by atoms with Gasteiger partial charge in [0.05, 0.1) is 6.42 Å². The standard InChI is InChI=1S/C16H18FNO2S/c1-10-5-12(6-11(2)16(10)17)8-18-9-14-4-3-13(21-14)7-15(19)20/h3-6,18H,7-9H2,1-2H3,(H,19,20). The van der Waals surface area contributed by atoms with Crippen LogP contribution in [-0.2, 0) is 24.3 Å². The van der Waals surface area contributed by atoms with Crippen LogP contribution in [0.2, 0.25) is 0 Å². The molecule has 0 fully saturated rings. The van der Waals surface area contributed by atoms with Crippen molar-refractivity contribution in [2.24, 2.45) is 0 Å². The molecular formula is C16H18FNO2S. The molecule has 112 valence electrons. The maximum Gasteiger partial charge on any atom is 0.308 e. The van der Waals surface area contributed by atoms with Crippen molar-refractivity contribution < 1.29 is 14.3 Å². The Kier molecular flexibility index (Phi) is 5.09. The molecule has 2 rings (SSSR count). The Balaban J connectivity index is 1.89. The van der Waals surface area contributed by atoms with E-state index in [9.17, 15) is 9.18 Å². The summed E-state index contributed by atoms with van der Waals surface area (Å²) in [6.07, 6.45) is 0.0705. The fraction of sp³-hybridized carbons (Fsp3) is 0.312. The first-order valence-corrected chi connectivity index (χ1v) is 7.53. The second-order valence-corrected chi connectivity index (χ2v) is 6.34. The second kappa shape index (κ2) is 6.83. The van der Waals surface area contributed by atoms with Crippen molar-refractivity contribution in [3.05, 3.63) is 56.5 Å². The van der Waals surface area contributed by atoms with Crippen LogP contribution in [0.1, 0.15) is 26.4 Å². The first-order valence-electron chi connectivity index (χ1n) is 6.71. The van der Waals surface area contributed by atoms with Crippen LogP contribution < -0.4 is 5.32 Å². The van der Waals surface area contributed by atoms with E-state index in [0.717, 1.165) is 15.3 Å². The highest BCUT2D eigenvalue weighted by Crippen LogP contribution is 2.18. The van der Waals surface area contributed by atoms with Gasteiger partial charge in [-0.25, -0.2) is 4.39 Å². The van der Waals surface area contributed by atoms with Crippen LogP contribution in [0, 0.1) is 19.7 Å². The van der Waals surface area contributed by atoms with E-state index in [1.165, 1.54) is 11.3 Å². The molecule has 2 N–H and O–H groups in total. The van der Waals surface area contributed by atoms with Gasteiger partial charge in [0, 0.05) is 22.8 Å². The van der Waals surface area contributed by atoms with E-state index in [2.05, 4.69) is 5.32 Å². The van der Waals surface area contributed by atoms with Gasteiger partial charge in [0.15, 0.2) is 0 Å². The molecule has 1 heterocycles. The molecular weight excluding hydrogens is 289 g/mol. The summed E-state index contributed by atoms with van der Waals surface area (Å²) in [6, 6.07) is 7.48. The van der Waals surface area contributed by atoms with Gasteiger partial charge in [-0.3, -0.25) is 4.79 Å². The van der Waals surface area contributed by atoms with Crippen LogP contribution >= 0.6 is 11.3 Å². The average Bonchev–Trinajstić information content (AvgIpc) is 2.82. The predicted octanol–water partition coefficient (Wildman–Crippen LogP) is 3.42. The molecule has 1 aromatic carbocycles. The van der Waals surface area contributed by atoms with Crippen LogP contribution in [-0.4, -0.2) is 11.1 Å². The number of carbonyl (C=O) groups is 1. The number of rotatable bonds is 6. The van der Waals surface area contributed by atoms with E-state index in [1.54, 1.807) is 13.8 Å². The number of hydrogen-bond donors (Lipinski definition) is 2. The molecule has 0 aliphatic heterocycles. The predicted molar refractivity (Wildman–Crippen MR) is 82.1 cm³/mol. The summed E-state index contributed by atoms with van der Waals surface area (Å²) in [5.74, 6) is -0.955. The zero-order valence-corrected chi connectivity index (χ0v) is 12.9. The Hall–Kier alpha value is -1.72. The van der Waals surface area contributed by atoms with Crippen LogP contribution in [0.3, 0.4) is 0 Å². The van der Waals surface area contributed by atoms with Gasteiger partial charge in [0.25, 0.3) is 0 Å². The third-order valence-electron chi connectivity index (χ3n) is 3.17. The number of nitrogens with one attached hydrogen (secondary N) is 1. The normalized spacial score (nSPS) is 10.8. The highest BCUT2D eigenvalue weighted by atomic mass is 32.1. The Morgan fingerprint density at radius 3 is 2.43 bits per heavy atom. The molecule has 5 heteroatoms. The largest absolute Gasteiger partial charge is 0.481 e. The SMILES string of the molecule is Cc1cc(CNCc2ccc(CC(=O)O)s2)cc(C)c1F. The zero-order valence-electron chi connectivity index (χ0n) is 12.1. The van der Waals surface area contributed by atoms with Crippen molar-refractivity contribution >= 4 is 17.3 Å². The summed E-state index contributed by atoms with van der Waals surface area (Å²) in [4.78, 5) is 12.6. The number of halogens is 1. The number of thiophene rings is 1. The molecule has 0 bridgehead atoms. The smallest absolute Gasteiger partial charge is 0.308 e. The van der Waals surface area contributed by atoms with E-state index in [-0.39, 0.29) is 12.2 Å². The molecule has 0 radical (unpaired) electrons. The highest BCUT2D eigenvalue weighted by Gasteiger charge is 2.06. The first-order chi connectivity index (χ1) is 9.95. The monoisotopic (exact) mass is 307 g/mol. The Bertz CT molecular complexity index is 628. The lowest BCUT2D eigenvalue weighted by atomic mass is 10.1. The molecule has 0 saturated heterocycles. The summed E-state index contributed by atoms with van der Waals surface area (Å²) < 4.78 is 13.5. The van der Waals surface area contributed by atoms with Crippen molar-refractivity contribution in [1.82, 2.24) is 5.32 Å². The minimum absolute atomic E-state index is 0.0705. The van der Waals surface area contributed by atoms with Gasteiger partial charge in [-0.05, 0) is 42.7 Å². The maximum atomic E-state index is 13.5. The molecule has 0 spiro atoms. The molecule has 3 nitrogen and oxygen atoms in total. The molecule has 1 aromatic heterocycles. The lowest BCUT2D eigenvalue weighted by molar-refractivity contribution is -0.136. The topological polar surface area (TPSA) is 49.3 Å². The minimum atomic E-state index is -0.811. The first kappa shape index (κ1) is 15.7. The van der Waals surface area contributed by atoms with E-state index in [4.69, 9.17) is 5.11 Å². The molecule has 0 aliphatic carbocycles. The van der Waals surface area contributed by atoms with Crippen molar-refractivity contribution in [2.75, 3.05) is 0 Å². The Morgan fingerprint density at radius 1 is 1.19 bits per heavy atom. The molecule has 0 saturated carbocycles. The highest BCUT2D eigenvalue weighted by molar-refractivity contribution is 7.12. The number of benzene rings is 1. The van der Waals surface area contributed by atoms with Crippen molar-refractivity contribution in [3.63, 3.8) is 0 Å². The average molecular weight is 307 g/mol. The summed E-state index contributed by atoms with van der Waals surface area (Å²) >= 11 is 1.50. The number of carboxylic acid groups (broad SMARTS) is 1. The summed E-state index contributed by atoms with van der Waals surface area (Å²) in [5, 5.41) is 12.0. The van der Waals surface area contributed by atoms with Gasteiger partial charge >= 0.3 is 5.97 Å². The molecule has 0 amide bonds. The second-order valence-electron chi connectivity index (χ2n) is 5.09. The Morgan fingerprint density at radius 2 is 1.81 bits per heavy atom. The summed E-state index contributed by atoms with van der Waals surface area (Å²) in [6.45, 7) is 4.88.